The maximum Gasteiger partial charge on any atom is 0.433 e. The number of nitrogens with zero attached hydrogens (tertiary/aromatic N) is 2. The Labute approximate surface area is 121 Å². The van der Waals surface area contributed by atoms with E-state index < -0.39 is 23.6 Å². The summed E-state index contributed by atoms with van der Waals surface area (Å²) in [5.41, 5.74) is 0.603. The lowest BCUT2D eigenvalue weighted by atomic mass is 10.3. The molecule has 0 aliphatic rings. The summed E-state index contributed by atoms with van der Waals surface area (Å²) in [7, 11) is 0. The standard InChI is InChI=1S/C11H8ClF4N5/c12-5-1-2-7(6(13)3-5)18-9-4-8(11(14,15)16)19-10(20-9)21-17/h1-4H,17H2,(H2,18,19,20,21). The van der Waals surface area contributed by atoms with Crippen LogP contribution in [0.15, 0.2) is 24.3 Å². The van der Waals surface area contributed by atoms with Crippen LogP contribution in [0.1, 0.15) is 5.69 Å². The molecule has 5 nitrogen and oxygen atoms in total. The molecule has 0 fully saturated rings. The highest BCUT2D eigenvalue weighted by Crippen LogP contribution is 2.30. The van der Waals surface area contributed by atoms with Crippen LogP contribution in [0.5, 0.6) is 0 Å². The van der Waals surface area contributed by atoms with Crippen molar-refractivity contribution in [3.8, 4) is 0 Å². The Balaban J connectivity index is 2.39. The minimum absolute atomic E-state index is 0.0887. The van der Waals surface area contributed by atoms with Gasteiger partial charge in [0.05, 0.1) is 5.69 Å². The zero-order valence-corrected chi connectivity index (χ0v) is 10.9. The number of alkyl halides is 3. The molecule has 10 heteroatoms. The lowest BCUT2D eigenvalue weighted by Gasteiger charge is -2.12. The van der Waals surface area contributed by atoms with Crippen LogP contribution in [-0.4, -0.2) is 9.97 Å². The predicted octanol–water partition coefficient (Wildman–Crippen LogP) is 3.32. The summed E-state index contributed by atoms with van der Waals surface area (Å²) >= 11 is 5.58. The maximum atomic E-state index is 13.6. The van der Waals surface area contributed by atoms with Gasteiger partial charge in [0.2, 0.25) is 5.95 Å². The molecule has 0 atom stereocenters. The molecule has 1 heterocycles. The molecule has 4 N–H and O–H groups in total. The molecular weight excluding hydrogens is 314 g/mol. The van der Waals surface area contributed by atoms with E-state index in [0.29, 0.717) is 6.07 Å². The van der Waals surface area contributed by atoms with Crippen LogP contribution in [0.4, 0.5) is 35.0 Å². The van der Waals surface area contributed by atoms with Gasteiger partial charge in [0.25, 0.3) is 0 Å². The van der Waals surface area contributed by atoms with Crippen LogP contribution in [0.25, 0.3) is 0 Å². The lowest BCUT2D eigenvalue weighted by Crippen LogP contribution is -2.16. The third kappa shape index (κ3) is 3.70. The third-order valence-electron chi connectivity index (χ3n) is 2.34. The summed E-state index contributed by atoms with van der Waals surface area (Å²) < 4.78 is 51.6. The zero-order valence-electron chi connectivity index (χ0n) is 10.2. The van der Waals surface area contributed by atoms with Crippen LogP contribution in [0.3, 0.4) is 0 Å². The number of nitrogens with one attached hydrogen (secondary N) is 2. The third-order valence-corrected chi connectivity index (χ3v) is 2.57. The van der Waals surface area contributed by atoms with Crippen molar-refractivity contribution in [3.05, 3.63) is 40.8 Å². The van der Waals surface area contributed by atoms with Gasteiger partial charge in [0, 0.05) is 11.1 Å². The van der Waals surface area contributed by atoms with Gasteiger partial charge < -0.3 is 5.32 Å². The van der Waals surface area contributed by atoms with Crippen LogP contribution in [-0.2, 0) is 6.18 Å². The van der Waals surface area contributed by atoms with Crippen molar-refractivity contribution in [2.75, 3.05) is 10.7 Å². The smallest absolute Gasteiger partial charge is 0.338 e. The molecule has 0 aliphatic heterocycles. The average Bonchev–Trinajstić information content (AvgIpc) is 2.40. The SMILES string of the molecule is NNc1nc(Nc2ccc(Cl)cc2F)cc(C(F)(F)F)n1. The van der Waals surface area contributed by atoms with E-state index in [0.717, 1.165) is 6.07 Å². The number of aromatic nitrogens is 2. The van der Waals surface area contributed by atoms with Crippen LogP contribution < -0.4 is 16.6 Å². The molecule has 0 spiro atoms. The number of nitrogens with two attached hydrogens (primary N) is 1. The molecule has 0 amide bonds. The van der Waals surface area contributed by atoms with Gasteiger partial charge in [-0.2, -0.15) is 18.2 Å². The number of anilines is 3. The van der Waals surface area contributed by atoms with Crippen molar-refractivity contribution in [3.63, 3.8) is 0 Å². The minimum atomic E-state index is -4.69. The van der Waals surface area contributed by atoms with E-state index in [1.165, 1.54) is 12.1 Å². The van der Waals surface area contributed by atoms with E-state index in [2.05, 4.69) is 15.3 Å². The first kappa shape index (κ1) is 15.3. The molecular formula is C11H8ClF4N5. The van der Waals surface area contributed by atoms with Crippen molar-refractivity contribution < 1.29 is 17.6 Å². The number of hydrogen-bond acceptors (Lipinski definition) is 5. The van der Waals surface area contributed by atoms with Crippen molar-refractivity contribution in [1.29, 1.82) is 0 Å². The average molecular weight is 322 g/mol. The van der Waals surface area contributed by atoms with Gasteiger partial charge in [-0.1, -0.05) is 11.6 Å². The largest absolute Gasteiger partial charge is 0.433 e. The Kier molecular flexibility index (Phi) is 4.14. The van der Waals surface area contributed by atoms with Crippen molar-refractivity contribution >= 4 is 29.1 Å². The first-order valence-electron chi connectivity index (χ1n) is 5.44. The first-order valence-corrected chi connectivity index (χ1v) is 5.82. The molecule has 0 aliphatic carbocycles. The summed E-state index contributed by atoms with van der Waals surface area (Å²) in [6.07, 6.45) is -4.69. The van der Waals surface area contributed by atoms with Crippen molar-refractivity contribution in [2.24, 2.45) is 5.84 Å². The molecule has 0 saturated heterocycles. The van der Waals surface area contributed by atoms with E-state index in [9.17, 15) is 17.6 Å². The van der Waals surface area contributed by atoms with Gasteiger partial charge in [-0.3, -0.25) is 5.43 Å². The molecule has 0 unspecified atom stereocenters. The Morgan fingerprint density at radius 1 is 1.14 bits per heavy atom. The quantitative estimate of drug-likeness (QED) is 0.459. The van der Waals surface area contributed by atoms with E-state index >= 15 is 0 Å². The molecule has 0 bridgehead atoms. The van der Waals surface area contributed by atoms with Crippen molar-refractivity contribution in [2.45, 2.75) is 6.18 Å². The second-order valence-electron chi connectivity index (χ2n) is 3.85. The van der Waals surface area contributed by atoms with Gasteiger partial charge in [0.1, 0.15) is 11.6 Å². The maximum absolute atomic E-state index is 13.6. The Morgan fingerprint density at radius 2 is 1.86 bits per heavy atom. The topological polar surface area (TPSA) is 75.9 Å². The molecule has 112 valence electrons. The predicted molar refractivity (Wildman–Crippen MR) is 69.5 cm³/mol. The summed E-state index contributed by atoms with van der Waals surface area (Å²) in [5, 5.41) is 2.56. The molecule has 0 saturated carbocycles. The second-order valence-corrected chi connectivity index (χ2v) is 4.29. The highest BCUT2D eigenvalue weighted by molar-refractivity contribution is 6.30. The molecule has 2 rings (SSSR count). The number of hydrogen-bond donors (Lipinski definition) is 3. The molecule has 21 heavy (non-hydrogen) atoms. The van der Waals surface area contributed by atoms with Crippen LogP contribution >= 0.6 is 11.6 Å². The van der Waals surface area contributed by atoms with E-state index in [4.69, 9.17) is 17.4 Å². The Morgan fingerprint density at radius 3 is 2.43 bits per heavy atom. The summed E-state index contributed by atoms with van der Waals surface area (Å²) in [4.78, 5) is 6.84. The highest BCUT2D eigenvalue weighted by atomic mass is 35.5. The number of benzene rings is 1. The van der Waals surface area contributed by atoms with Gasteiger partial charge in [-0.15, -0.1) is 0 Å². The van der Waals surface area contributed by atoms with E-state index in [1.807, 2.05) is 5.43 Å². The normalized spacial score (nSPS) is 11.3. The summed E-state index contributed by atoms with van der Waals surface area (Å²) in [5.74, 6) is 3.54. The number of hydrazine groups is 1. The fourth-order valence-corrected chi connectivity index (χ4v) is 1.61. The first-order chi connectivity index (χ1) is 9.79. The van der Waals surface area contributed by atoms with Crippen LogP contribution in [0.2, 0.25) is 5.02 Å². The Hall–Kier alpha value is -2.13. The van der Waals surface area contributed by atoms with Gasteiger partial charge in [0.15, 0.2) is 5.69 Å². The summed E-state index contributed by atoms with van der Waals surface area (Å²) in [6.45, 7) is 0. The van der Waals surface area contributed by atoms with Gasteiger partial charge in [-0.25, -0.2) is 15.2 Å². The summed E-state index contributed by atoms with van der Waals surface area (Å²) in [6, 6.07) is 4.29. The van der Waals surface area contributed by atoms with Crippen molar-refractivity contribution in [1.82, 2.24) is 9.97 Å². The van der Waals surface area contributed by atoms with E-state index in [-0.39, 0.29) is 16.5 Å². The Bertz CT molecular complexity index is 662. The zero-order chi connectivity index (χ0) is 15.6. The monoisotopic (exact) mass is 321 g/mol. The lowest BCUT2D eigenvalue weighted by molar-refractivity contribution is -0.141. The minimum Gasteiger partial charge on any atom is -0.338 e. The number of rotatable bonds is 3. The number of nitrogen functional groups attached to an aromatic ring is 1. The molecule has 1 aromatic heterocycles. The fourth-order valence-electron chi connectivity index (χ4n) is 1.45. The molecule has 2 aromatic rings. The second kappa shape index (κ2) is 5.70. The van der Waals surface area contributed by atoms with Crippen LogP contribution in [0, 0.1) is 5.82 Å². The fraction of sp³-hybridized carbons (Fsp3) is 0.0909. The molecule has 0 radical (unpaired) electrons. The number of halogens is 5. The van der Waals surface area contributed by atoms with E-state index in [1.54, 1.807) is 0 Å². The highest BCUT2D eigenvalue weighted by Gasteiger charge is 2.33. The van der Waals surface area contributed by atoms with Gasteiger partial charge in [-0.05, 0) is 18.2 Å². The molecule has 1 aromatic carbocycles. The van der Waals surface area contributed by atoms with Gasteiger partial charge >= 0.3 is 6.18 Å².